The van der Waals surface area contributed by atoms with Gasteiger partial charge in [0.15, 0.2) is 0 Å². The van der Waals surface area contributed by atoms with Crippen LogP contribution >= 0.6 is 0 Å². The van der Waals surface area contributed by atoms with Gasteiger partial charge in [0.05, 0.1) is 11.6 Å². The highest BCUT2D eigenvalue weighted by atomic mass is 19.3. The van der Waals surface area contributed by atoms with Crippen LogP contribution in [0.5, 0.6) is 5.75 Å². The van der Waals surface area contributed by atoms with Crippen molar-refractivity contribution < 1.29 is 23.4 Å². The molecule has 0 bridgehead atoms. The fourth-order valence-corrected chi connectivity index (χ4v) is 1.26. The van der Waals surface area contributed by atoms with Crippen molar-refractivity contribution in [1.82, 2.24) is 0 Å². The zero-order valence-electron chi connectivity index (χ0n) is 8.48. The standard InChI is InChI=1S/C10H8F2N2O3/c11-10(12)17-8-2-6(4-14)5(3-13)1-7(8)9(15)16/h1-2,10H,3,13H2,(H,15,16). The van der Waals surface area contributed by atoms with E-state index in [0.717, 1.165) is 12.1 Å². The van der Waals surface area contributed by atoms with Gasteiger partial charge in [0.1, 0.15) is 11.3 Å². The van der Waals surface area contributed by atoms with Crippen molar-refractivity contribution in [3.05, 3.63) is 28.8 Å². The summed E-state index contributed by atoms with van der Waals surface area (Å²) in [6, 6.07) is 3.72. The van der Waals surface area contributed by atoms with Crippen molar-refractivity contribution in [1.29, 1.82) is 5.26 Å². The lowest BCUT2D eigenvalue weighted by Gasteiger charge is -2.10. The van der Waals surface area contributed by atoms with Gasteiger partial charge in [0, 0.05) is 6.54 Å². The van der Waals surface area contributed by atoms with E-state index in [1.165, 1.54) is 0 Å². The Hall–Kier alpha value is -2.20. The molecule has 3 N–H and O–H groups in total. The molecular weight excluding hydrogens is 234 g/mol. The predicted octanol–water partition coefficient (Wildman–Crippen LogP) is 1.32. The number of carbonyl (C=O) groups is 1. The normalized spacial score (nSPS) is 10.1. The monoisotopic (exact) mass is 242 g/mol. The van der Waals surface area contributed by atoms with E-state index in [2.05, 4.69) is 4.74 Å². The molecule has 0 unspecified atom stereocenters. The summed E-state index contributed by atoms with van der Waals surface area (Å²) in [6.45, 7) is -3.23. The van der Waals surface area contributed by atoms with Crippen LogP contribution in [0.1, 0.15) is 21.5 Å². The Morgan fingerprint density at radius 3 is 2.65 bits per heavy atom. The Morgan fingerprint density at radius 2 is 2.24 bits per heavy atom. The third-order valence-corrected chi connectivity index (χ3v) is 1.99. The average Bonchev–Trinajstić information content (AvgIpc) is 2.27. The quantitative estimate of drug-likeness (QED) is 0.829. The second-order valence-corrected chi connectivity index (χ2v) is 3.01. The van der Waals surface area contributed by atoms with Gasteiger partial charge in [0.2, 0.25) is 0 Å². The summed E-state index contributed by atoms with van der Waals surface area (Å²) < 4.78 is 28.2. The maximum atomic E-state index is 12.1. The molecule has 0 aliphatic rings. The van der Waals surface area contributed by atoms with Crippen LogP contribution in [0.2, 0.25) is 0 Å². The minimum Gasteiger partial charge on any atom is -0.478 e. The minimum absolute atomic E-state index is 0.00755. The number of aromatic carboxylic acids is 1. The molecule has 0 aliphatic carbocycles. The van der Waals surface area contributed by atoms with E-state index < -0.39 is 23.9 Å². The molecule has 5 nitrogen and oxygen atoms in total. The van der Waals surface area contributed by atoms with Gasteiger partial charge in [-0.2, -0.15) is 14.0 Å². The minimum atomic E-state index is -3.16. The Kier molecular flexibility index (Phi) is 3.96. The van der Waals surface area contributed by atoms with Crippen LogP contribution in [0.15, 0.2) is 12.1 Å². The molecule has 0 saturated carbocycles. The number of nitrogens with two attached hydrogens (primary N) is 1. The molecule has 1 rings (SSSR count). The summed E-state index contributed by atoms with van der Waals surface area (Å²) in [7, 11) is 0. The Balaban J connectivity index is 3.36. The van der Waals surface area contributed by atoms with Gasteiger partial charge >= 0.3 is 12.6 Å². The highest BCUT2D eigenvalue weighted by Gasteiger charge is 2.18. The van der Waals surface area contributed by atoms with Crippen molar-refractivity contribution in [3.8, 4) is 11.8 Å². The molecule has 90 valence electrons. The van der Waals surface area contributed by atoms with E-state index in [-0.39, 0.29) is 17.7 Å². The van der Waals surface area contributed by atoms with Crippen molar-refractivity contribution in [2.75, 3.05) is 0 Å². The van der Waals surface area contributed by atoms with Gasteiger partial charge in [0.25, 0.3) is 0 Å². The number of rotatable bonds is 4. The summed E-state index contributed by atoms with van der Waals surface area (Å²) in [5.41, 5.74) is 5.12. The number of hydrogen-bond donors (Lipinski definition) is 2. The van der Waals surface area contributed by atoms with Crippen molar-refractivity contribution >= 4 is 5.97 Å². The number of carboxylic acids is 1. The number of alkyl halides is 2. The van der Waals surface area contributed by atoms with Crippen LogP contribution in [0, 0.1) is 11.3 Å². The van der Waals surface area contributed by atoms with Crippen LogP contribution in [-0.4, -0.2) is 17.7 Å². The van der Waals surface area contributed by atoms with Crippen LogP contribution < -0.4 is 10.5 Å². The second kappa shape index (κ2) is 5.23. The Morgan fingerprint density at radius 1 is 1.59 bits per heavy atom. The fraction of sp³-hybridized carbons (Fsp3) is 0.200. The number of ether oxygens (including phenoxy) is 1. The van der Waals surface area contributed by atoms with Gasteiger partial charge < -0.3 is 15.6 Å². The largest absolute Gasteiger partial charge is 0.478 e. The second-order valence-electron chi connectivity index (χ2n) is 3.01. The first-order valence-electron chi connectivity index (χ1n) is 4.44. The smallest absolute Gasteiger partial charge is 0.387 e. The number of halogens is 2. The predicted molar refractivity (Wildman–Crippen MR) is 52.6 cm³/mol. The molecule has 0 saturated heterocycles. The van der Waals surface area contributed by atoms with Crippen LogP contribution in [0.25, 0.3) is 0 Å². The van der Waals surface area contributed by atoms with E-state index in [4.69, 9.17) is 16.1 Å². The molecule has 1 aromatic rings. The first kappa shape index (κ1) is 12.9. The van der Waals surface area contributed by atoms with E-state index in [1.54, 1.807) is 6.07 Å². The molecular formula is C10H8F2N2O3. The summed E-state index contributed by atoms with van der Waals surface area (Å²) >= 11 is 0. The molecule has 0 radical (unpaired) electrons. The van der Waals surface area contributed by atoms with Gasteiger partial charge in [-0.15, -0.1) is 0 Å². The molecule has 0 aromatic heterocycles. The third-order valence-electron chi connectivity index (χ3n) is 1.99. The molecule has 0 aliphatic heterocycles. The Bertz CT molecular complexity index is 483. The first-order valence-corrected chi connectivity index (χ1v) is 4.44. The fourth-order valence-electron chi connectivity index (χ4n) is 1.26. The summed E-state index contributed by atoms with van der Waals surface area (Å²) in [6.07, 6.45) is 0. The van der Waals surface area contributed by atoms with Gasteiger partial charge in [-0.1, -0.05) is 0 Å². The maximum Gasteiger partial charge on any atom is 0.387 e. The summed E-state index contributed by atoms with van der Waals surface area (Å²) in [5.74, 6) is -1.99. The van der Waals surface area contributed by atoms with Crippen molar-refractivity contribution in [2.45, 2.75) is 13.2 Å². The molecule has 1 aromatic carbocycles. The number of carboxylic acid groups (broad SMARTS) is 1. The number of nitrogens with zero attached hydrogens (tertiary/aromatic N) is 1. The molecule has 7 heteroatoms. The summed E-state index contributed by atoms with van der Waals surface area (Å²) in [4.78, 5) is 10.8. The highest BCUT2D eigenvalue weighted by Crippen LogP contribution is 2.25. The van der Waals surface area contributed by atoms with E-state index in [9.17, 15) is 13.6 Å². The van der Waals surface area contributed by atoms with Gasteiger partial charge in [-0.3, -0.25) is 0 Å². The molecule has 0 fully saturated rings. The lowest BCUT2D eigenvalue weighted by atomic mass is 10.0. The van der Waals surface area contributed by atoms with Gasteiger partial charge in [-0.25, -0.2) is 4.79 Å². The molecule has 17 heavy (non-hydrogen) atoms. The van der Waals surface area contributed by atoms with Crippen LogP contribution in [-0.2, 0) is 6.54 Å². The van der Waals surface area contributed by atoms with Crippen LogP contribution in [0.3, 0.4) is 0 Å². The zero-order valence-corrected chi connectivity index (χ0v) is 8.48. The lowest BCUT2D eigenvalue weighted by molar-refractivity contribution is -0.0503. The topological polar surface area (TPSA) is 96.3 Å². The lowest BCUT2D eigenvalue weighted by Crippen LogP contribution is -2.10. The third kappa shape index (κ3) is 2.89. The van der Waals surface area contributed by atoms with Crippen molar-refractivity contribution in [2.24, 2.45) is 5.73 Å². The van der Waals surface area contributed by atoms with Gasteiger partial charge in [-0.05, 0) is 17.7 Å². The van der Waals surface area contributed by atoms with E-state index >= 15 is 0 Å². The molecule has 0 amide bonds. The highest BCUT2D eigenvalue weighted by molar-refractivity contribution is 5.91. The Labute approximate surface area is 95.0 Å². The zero-order chi connectivity index (χ0) is 13.0. The number of hydrogen-bond acceptors (Lipinski definition) is 4. The summed E-state index contributed by atoms with van der Waals surface area (Å²) in [5, 5.41) is 17.6. The molecule has 0 spiro atoms. The first-order chi connectivity index (χ1) is 7.99. The van der Waals surface area contributed by atoms with E-state index in [0.29, 0.717) is 0 Å². The van der Waals surface area contributed by atoms with Crippen LogP contribution in [0.4, 0.5) is 8.78 Å². The average molecular weight is 242 g/mol. The number of benzene rings is 1. The van der Waals surface area contributed by atoms with E-state index in [1.807, 2.05) is 0 Å². The SMILES string of the molecule is N#Cc1cc(OC(F)F)c(C(=O)O)cc1CN. The molecule has 0 heterocycles. The number of nitriles is 1. The molecule has 0 atom stereocenters. The maximum absolute atomic E-state index is 12.1. The van der Waals surface area contributed by atoms with Crippen molar-refractivity contribution in [3.63, 3.8) is 0 Å².